The third-order valence-corrected chi connectivity index (χ3v) is 2.64. The lowest BCUT2D eigenvalue weighted by atomic mass is 10.1. The number of hydrogen-bond acceptors (Lipinski definition) is 3. The molecule has 0 heterocycles. The minimum atomic E-state index is -0.920. The molecule has 0 amide bonds. The van der Waals surface area contributed by atoms with E-state index in [0.717, 1.165) is 5.56 Å². The van der Waals surface area contributed by atoms with E-state index in [1.807, 2.05) is 17.9 Å². The third kappa shape index (κ3) is 3.60. The number of rotatable bonds is 7. The van der Waals surface area contributed by atoms with Gasteiger partial charge in [-0.05, 0) is 24.6 Å². The molecule has 4 heteroatoms. The first kappa shape index (κ1) is 14.3. The van der Waals surface area contributed by atoms with Gasteiger partial charge in [-0.2, -0.15) is 0 Å². The molecule has 0 saturated heterocycles. The van der Waals surface area contributed by atoms with Crippen LogP contribution in [0.5, 0.6) is 0 Å². The Labute approximate surface area is 107 Å². The van der Waals surface area contributed by atoms with Gasteiger partial charge in [-0.1, -0.05) is 12.1 Å². The lowest BCUT2D eigenvalue weighted by molar-refractivity contribution is 0.0697. The molecule has 98 valence electrons. The summed E-state index contributed by atoms with van der Waals surface area (Å²) >= 11 is 0. The third-order valence-electron chi connectivity index (χ3n) is 2.64. The maximum atomic E-state index is 11.2. The van der Waals surface area contributed by atoms with Gasteiger partial charge in [0.15, 0.2) is 0 Å². The van der Waals surface area contributed by atoms with Crippen molar-refractivity contribution < 1.29 is 14.6 Å². The predicted octanol–water partition coefficient (Wildman–Crippen LogP) is 2.33. The summed E-state index contributed by atoms with van der Waals surface area (Å²) in [6.07, 6.45) is 1.75. The van der Waals surface area contributed by atoms with E-state index < -0.39 is 5.97 Å². The number of methoxy groups -OCH3 is 1. The van der Waals surface area contributed by atoms with E-state index in [2.05, 4.69) is 6.58 Å². The summed E-state index contributed by atoms with van der Waals surface area (Å²) < 4.78 is 5.05. The van der Waals surface area contributed by atoms with Crippen molar-refractivity contribution in [2.45, 2.75) is 6.92 Å². The molecule has 0 aliphatic rings. The zero-order valence-electron chi connectivity index (χ0n) is 10.8. The van der Waals surface area contributed by atoms with Gasteiger partial charge < -0.3 is 14.7 Å². The number of anilines is 1. The molecule has 0 unspecified atom stereocenters. The quantitative estimate of drug-likeness (QED) is 0.753. The van der Waals surface area contributed by atoms with Gasteiger partial charge in [-0.25, -0.2) is 4.79 Å². The lowest BCUT2D eigenvalue weighted by Crippen LogP contribution is -2.29. The van der Waals surface area contributed by atoms with Crippen LogP contribution in [-0.4, -0.2) is 37.9 Å². The van der Waals surface area contributed by atoms with Crippen molar-refractivity contribution in [2.24, 2.45) is 0 Å². The fourth-order valence-electron chi connectivity index (χ4n) is 1.75. The van der Waals surface area contributed by atoms with Gasteiger partial charge in [0, 0.05) is 20.2 Å². The number of aromatic carboxylic acids is 1. The van der Waals surface area contributed by atoms with Crippen LogP contribution in [0.3, 0.4) is 0 Å². The molecule has 1 aromatic carbocycles. The van der Waals surface area contributed by atoms with E-state index in [9.17, 15) is 9.90 Å². The van der Waals surface area contributed by atoms with Crippen molar-refractivity contribution in [3.63, 3.8) is 0 Å². The fraction of sp³-hybridized carbons (Fsp3) is 0.357. The molecule has 0 aromatic heterocycles. The van der Waals surface area contributed by atoms with Gasteiger partial charge in [0.05, 0.1) is 17.9 Å². The highest BCUT2D eigenvalue weighted by atomic mass is 16.5. The molecule has 0 aliphatic heterocycles. The summed E-state index contributed by atoms with van der Waals surface area (Å²) in [4.78, 5) is 13.2. The van der Waals surface area contributed by atoms with Crippen LogP contribution in [-0.2, 0) is 4.74 Å². The van der Waals surface area contributed by atoms with Crippen LogP contribution in [0.15, 0.2) is 30.9 Å². The molecule has 0 aliphatic carbocycles. The minimum absolute atomic E-state index is 0.304. The molecule has 4 nitrogen and oxygen atoms in total. The normalized spacial score (nSPS) is 10.1. The van der Waals surface area contributed by atoms with Crippen LogP contribution in [0.4, 0.5) is 5.69 Å². The summed E-state index contributed by atoms with van der Waals surface area (Å²) in [5, 5.41) is 9.22. The molecule has 1 N–H and O–H groups in total. The van der Waals surface area contributed by atoms with Crippen LogP contribution < -0.4 is 4.90 Å². The number of carboxylic acid groups (broad SMARTS) is 1. The standard InChI is InChI=1S/C14H19NO3/c1-4-7-15(8-9-18-3)13-10-11(2)5-6-12(13)14(16)17/h4-6,10H,1,7-9H2,2-3H3,(H,16,17). The second kappa shape index (κ2) is 6.81. The Hall–Kier alpha value is -1.81. The molecular formula is C14H19NO3. The van der Waals surface area contributed by atoms with Crippen molar-refractivity contribution in [2.75, 3.05) is 31.7 Å². The number of carbonyl (C=O) groups is 1. The van der Waals surface area contributed by atoms with E-state index in [4.69, 9.17) is 4.74 Å². The molecule has 18 heavy (non-hydrogen) atoms. The maximum absolute atomic E-state index is 11.2. The van der Waals surface area contributed by atoms with Gasteiger partial charge in [0.1, 0.15) is 0 Å². The number of nitrogens with zero attached hydrogens (tertiary/aromatic N) is 1. The largest absolute Gasteiger partial charge is 0.478 e. The van der Waals surface area contributed by atoms with Crippen molar-refractivity contribution in [3.8, 4) is 0 Å². The van der Waals surface area contributed by atoms with Gasteiger partial charge >= 0.3 is 5.97 Å². The Bertz CT molecular complexity index is 429. The second-order valence-electron chi connectivity index (χ2n) is 4.05. The van der Waals surface area contributed by atoms with E-state index in [1.165, 1.54) is 0 Å². The highest BCUT2D eigenvalue weighted by molar-refractivity contribution is 5.94. The molecule has 0 bridgehead atoms. The predicted molar refractivity (Wildman–Crippen MR) is 72.4 cm³/mol. The maximum Gasteiger partial charge on any atom is 0.337 e. The SMILES string of the molecule is C=CCN(CCOC)c1cc(C)ccc1C(=O)O. The Morgan fingerprint density at radius 3 is 2.83 bits per heavy atom. The first-order valence-electron chi connectivity index (χ1n) is 5.79. The topological polar surface area (TPSA) is 49.8 Å². The number of benzene rings is 1. The minimum Gasteiger partial charge on any atom is -0.478 e. The highest BCUT2D eigenvalue weighted by Gasteiger charge is 2.15. The zero-order valence-corrected chi connectivity index (χ0v) is 10.8. The van der Waals surface area contributed by atoms with E-state index >= 15 is 0 Å². The number of hydrogen-bond donors (Lipinski definition) is 1. The van der Waals surface area contributed by atoms with E-state index in [0.29, 0.717) is 30.9 Å². The van der Waals surface area contributed by atoms with Crippen molar-refractivity contribution in [1.82, 2.24) is 0 Å². The number of aryl methyl sites for hydroxylation is 1. The lowest BCUT2D eigenvalue weighted by Gasteiger charge is -2.25. The van der Waals surface area contributed by atoms with Crippen LogP contribution in [0.1, 0.15) is 15.9 Å². The Morgan fingerprint density at radius 2 is 2.28 bits per heavy atom. The van der Waals surface area contributed by atoms with Crippen LogP contribution in [0.2, 0.25) is 0 Å². The van der Waals surface area contributed by atoms with Crippen molar-refractivity contribution in [3.05, 3.63) is 42.0 Å². The van der Waals surface area contributed by atoms with Crippen LogP contribution in [0, 0.1) is 6.92 Å². The molecular weight excluding hydrogens is 230 g/mol. The molecule has 1 rings (SSSR count). The van der Waals surface area contributed by atoms with Crippen LogP contribution in [0.25, 0.3) is 0 Å². The molecule has 1 aromatic rings. The summed E-state index contributed by atoms with van der Waals surface area (Å²) in [5.41, 5.74) is 2.04. The Morgan fingerprint density at radius 1 is 1.56 bits per heavy atom. The Kier molecular flexibility index (Phi) is 5.39. The van der Waals surface area contributed by atoms with Gasteiger partial charge in [0.25, 0.3) is 0 Å². The second-order valence-corrected chi connectivity index (χ2v) is 4.05. The monoisotopic (exact) mass is 249 g/mol. The number of ether oxygens (including phenoxy) is 1. The zero-order chi connectivity index (χ0) is 13.5. The molecule has 0 fully saturated rings. The van der Waals surface area contributed by atoms with Crippen molar-refractivity contribution in [1.29, 1.82) is 0 Å². The Balaban J connectivity index is 3.11. The fourth-order valence-corrected chi connectivity index (χ4v) is 1.75. The summed E-state index contributed by atoms with van der Waals surface area (Å²) in [6, 6.07) is 5.31. The average molecular weight is 249 g/mol. The first-order valence-corrected chi connectivity index (χ1v) is 5.79. The molecule has 0 saturated carbocycles. The van der Waals surface area contributed by atoms with Gasteiger partial charge in [0.2, 0.25) is 0 Å². The molecule has 0 spiro atoms. The number of carboxylic acids is 1. The van der Waals surface area contributed by atoms with Crippen LogP contribution >= 0.6 is 0 Å². The average Bonchev–Trinajstić information content (AvgIpc) is 2.34. The summed E-state index contributed by atoms with van der Waals surface area (Å²) in [5.74, 6) is -0.920. The van der Waals surface area contributed by atoms with E-state index in [-0.39, 0.29) is 0 Å². The molecule has 0 radical (unpaired) electrons. The van der Waals surface area contributed by atoms with Gasteiger partial charge in [-0.15, -0.1) is 6.58 Å². The van der Waals surface area contributed by atoms with Crippen molar-refractivity contribution >= 4 is 11.7 Å². The molecule has 0 atom stereocenters. The first-order chi connectivity index (χ1) is 8.60. The summed E-state index contributed by atoms with van der Waals surface area (Å²) in [7, 11) is 1.63. The summed E-state index contributed by atoms with van der Waals surface area (Å²) in [6.45, 7) is 7.41. The smallest absolute Gasteiger partial charge is 0.337 e. The van der Waals surface area contributed by atoms with E-state index in [1.54, 1.807) is 25.3 Å². The van der Waals surface area contributed by atoms with Gasteiger partial charge in [-0.3, -0.25) is 0 Å². The highest BCUT2D eigenvalue weighted by Crippen LogP contribution is 2.22.